The maximum Gasteiger partial charge on any atom is 0.0674 e. The predicted molar refractivity (Wildman–Crippen MR) is 94.9 cm³/mol. The number of hydrogen-bond acceptors (Lipinski definition) is 3. The van der Waals surface area contributed by atoms with Gasteiger partial charge in [-0.05, 0) is 51.0 Å². The topological polar surface area (TPSA) is 24.3 Å². The standard InChI is InChI=1S/C19H28N4/c1-3-21(12-13-22-10-6-7-11-22)15-18-14-20-23(16-18)19-9-5-4-8-17(19)2/h4-5,8-9,14,16H,3,6-7,10-13,15H2,1-2H3. The van der Waals surface area contributed by atoms with E-state index in [4.69, 9.17) is 0 Å². The minimum Gasteiger partial charge on any atom is -0.302 e. The molecule has 2 heterocycles. The molecule has 0 saturated carbocycles. The van der Waals surface area contributed by atoms with Crippen LogP contribution in [0.3, 0.4) is 0 Å². The summed E-state index contributed by atoms with van der Waals surface area (Å²) in [5, 5.41) is 4.55. The van der Waals surface area contributed by atoms with Gasteiger partial charge in [0, 0.05) is 31.4 Å². The minimum atomic E-state index is 0.982. The van der Waals surface area contributed by atoms with Crippen LogP contribution in [0.1, 0.15) is 30.9 Å². The number of rotatable bonds is 7. The van der Waals surface area contributed by atoms with Gasteiger partial charge in [-0.1, -0.05) is 25.1 Å². The van der Waals surface area contributed by atoms with Gasteiger partial charge in [-0.15, -0.1) is 0 Å². The van der Waals surface area contributed by atoms with Crippen LogP contribution in [0.15, 0.2) is 36.7 Å². The maximum atomic E-state index is 4.55. The Morgan fingerprint density at radius 3 is 2.70 bits per heavy atom. The molecule has 1 aliphatic heterocycles. The van der Waals surface area contributed by atoms with E-state index < -0.39 is 0 Å². The number of aromatic nitrogens is 2. The van der Waals surface area contributed by atoms with Crippen LogP contribution in [0.4, 0.5) is 0 Å². The summed E-state index contributed by atoms with van der Waals surface area (Å²) in [6.45, 7) is 11.3. The summed E-state index contributed by atoms with van der Waals surface area (Å²) in [5.41, 5.74) is 3.71. The van der Waals surface area contributed by atoms with E-state index in [1.165, 1.54) is 49.3 Å². The molecular formula is C19H28N4. The molecule has 1 aromatic carbocycles. The molecule has 1 aliphatic rings. The largest absolute Gasteiger partial charge is 0.302 e. The number of aryl methyl sites for hydroxylation is 1. The van der Waals surface area contributed by atoms with Crippen molar-refractivity contribution in [2.24, 2.45) is 0 Å². The Morgan fingerprint density at radius 1 is 1.17 bits per heavy atom. The van der Waals surface area contributed by atoms with Gasteiger partial charge in [0.15, 0.2) is 0 Å². The van der Waals surface area contributed by atoms with Gasteiger partial charge in [0.2, 0.25) is 0 Å². The first kappa shape index (κ1) is 16.2. The van der Waals surface area contributed by atoms with Gasteiger partial charge < -0.3 is 4.90 Å². The van der Waals surface area contributed by atoms with Crippen LogP contribution in [0, 0.1) is 6.92 Å². The van der Waals surface area contributed by atoms with E-state index in [2.05, 4.69) is 59.2 Å². The van der Waals surface area contributed by atoms with Crippen molar-refractivity contribution in [1.82, 2.24) is 19.6 Å². The van der Waals surface area contributed by atoms with E-state index in [0.717, 1.165) is 19.6 Å². The van der Waals surface area contributed by atoms with Crippen LogP contribution >= 0.6 is 0 Å². The molecule has 0 unspecified atom stereocenters. The van der Waals surface area contributed by atoms with Crippen molar-refractivity contribution in [2.75, 3.05) is 32.7 Å². The highest BCUT2D eigenvalue weighted by atomic mass is 15.3. The average molecular weight is 312 g/mol. The van der Waals surface area contributed by atoms with E-state index in [-0.39, 0.29) is 0 Å². The van der Waals surface area contributed by atoms with Gasteiger partial charge in [-0.25, -0.2) is 4.68 Å². The Labute approximate surface area is 139 Å². The highest BCUT2D eigenvalue weighted by Gasteiger charge is 2.13. The molecule has 0 N–H and O–H groups in total. The molecule has 4 nitrogen and oxygen atoms in total. The molecule has 0 bridgehead atoms. The van der Waals surface area contributed by atoms with Crippen LogP contribution in [-0.4, -0.2) is 52.3 Å². The van der Waals surface area contributed by atoms with E-state index in [9.17, 15) is 0 Å². The van der Waals surface area contributed by atoms with Gasteiger partial charge in [0.1, 0.15) is 0 Å². The first-order valence-electron chi connectivity index (χ1n) is 8.80. The lowest BCUT2D eigenvalue weighted by Gasteiger charge is -2.23. The van der Waals surface area contributed by atoms with Gasteiger partial charge in [0.05, 0.1) is 11.9 Å². The number of likely N-dealkylation sites (N-methyl/N-ethyl adjacent to an activating group) is 1. The van der Waals surface area contributed by atoms with E-state index in [1.807, 2.05) is 10.9 Å². The summed E-state index contributed by atoms with van der Waals surface area (Å²) in [6.07, 6.45) is 6.91. The van der Waals surface area contributed by atoms with Gasteiger partial charge >= 0.3 is 0 Å². The molecule has 1 saturated heterocycles. The van der Waals surface area contributed by atoms with Gasteiger partial charge in [-0.3, -0.25) is 4.90 Å². The van der Waals surface area contributed by atoms with Crippen molar-refractivity contribution < 1.29 is 0 Å². The normalized spacial score (nSPS) is 15.6. The zero-order valence-corrected chi connectivity index (χ0v) is 14.4. The highest BCUT2D eigenvalue weighted by Crippen LogP contribution is 2.14. The third kappa shape index (κ3) is 4.21. The Kier molecular flexibility index (Phi) is 5.47. The van der Waals surface area contributed by atoms with Crippen LogP contribution < -0.4 is 0 Å². The smallest absolute Gasteiger partial charge is 0.0674 e. The second kappa shape index (κ2) is 7.75. The number of nitrogens with zero attached hydrogens (tertiary/aromatic N) is 4. The fourth-order valence-electron chi connectivity index (χ4n) is 3.29. The Morgan fingerprint density at radius 2 is 1.96 bits per heavy atom. The second-order valence-corrected chi connectivity index (χ2v) is 6.50. The maximum absolute atomic E-state index is 4.55. The molecule has 0 spiro atoms. The zero-order valence-electron chi connectivity index (χ0n) is 14.4. The monoisotopic (exact) mass is 312 g/mol. The molecule has 0 atom stereocenters. The molecule has 0 radical (unpaired) electrons. The fraction of sp³-hybridized carbons (Fsp3) is 0.526. The number of hydrogen-bond donors (Lipinski definition) is 0. The van der Waals surface area contributed by atoms with E-state index >= 15 is 0 Å². The number of benzene rings is 1. The van der Waals surface area contributed by atoms with Crippen LogP contribution in [0.2, 0.25) is 0 Å². The zero-order chi connectivity index (χ0) is 16.1. The van der Waals surface area contributed by atoms with E-state index in [0.29, 0.717) is 0 Å². The Hall–Kier alpha value is -1.65. The average Bonchev–Trinajstić information content (AvgIpc) is 3.23. The summed E-state index contributed by atoms with van der Waals surface area (Å²) in [5.74, 6) is 0. The lowest BCUT2D eigenvalue weighted by Crippen LogP contribution is -2.33. The molecule has 23 heavy (non-hydrogen) atoms. The molecule has 1 fully saturated rings. The molecule has 3 rings (SSSR count). The predicted octanol–water partition coefficient (Wildman–Crippen LogP) is 3.10. The SMILES string of the molecule is CCN(CCN1CCCC1)Cc1cnn(-c2ccccc2C)c1. The Bertz CT molecular complexity index is 613. The molecular weight excluding hydrogens is 284 g/mol. The summed E-state index contributed by atoms with van der Waals surface area (Å²) < 4.78 is 2.00. The van der Waals surface area contributed by atoms with E-state index in [1.54, 1.807) is 0 Å². The summed E-state index contributed by atoms with van der Waals surface area (Å²) in [7, 11) is 0. The number of likely N-dealkylation sites (tertiary alicyclic amines) is 1. The van der Waals surface area contributed by atoms with Crippen LogP contribution in [0.25, 0.3) is 5.69 Å². The van der Waals surface area contributed by atoms with Crippen molar-refractivity contribution in [3.05, 3.63) is 47.8 Å². The van der Waals surface area contributed by atoms with Crippen molar-refractivity contribution in [2.45, 2.75) is 33.2 Å². The van der Waals surface area contributed by atoms with Gasteiger partial charge in [-0.2, -0.15) is 5.10 Å². The quantitative estimate of drug-likeness (QED) is 0.785. The summed E-state index contributed by atoms with van der Waals surface area (Å²) in [4.78, 5) is 5.09. The van der Waals surface area contributed by atoms with Gasteiger partial charge in [0.25, 0.3) is 0 Å². The molecule has 0 aliphatic carbocycles. The molecule has 4 heteroatoms. The first-order chi connectivity index (χ1) is 11.3. The van der Waals surface area contributed by atoms with Crippen molar-refractivity contribution >= 4 is 0 Å². The highest BCUT2D eigenvalue weighted by molar-refractivity contribution is 5.39. The van der Waals surface area contributed by atoms with Crippen LogP contribution in [0.5, 0.6) is 0 Å². The van der Waals surface area contributed by atoms with Crippen molar-refractivity contribution in [3.8, 4) is 5.69 Å². The van der Waals surface area contributed by atoms with Crippen LogP contribution in [-0.2, 0) is 6.54 Å². The van der Waals surface area contributed by atoms with Crippen molar-refractivity contribution in [1.29, 1.82) is 0 Å². The second-order valence-electron chi connectivity index (χ2n) is 6.50. The molecule has 2 aromatic rings. The first-order valence-corrected chi connectivity index (χ1v) is 8.80. The third-order valence-electron chi connectivity index (χ3n) is 4.78. The fourth-order valence-corrected chi connectivity index (χ4v) is 3.29. The minimum absolute atomic E-state index is 0.982. The lowest BCUT2D eigenvalue weighted by atomic mass is 10.2. The molecule has 1 aromatic heterocycles. The lowest BCUT2D eigenvalue weighted by molar-refractivity contribution is 0.227. The Balaban J connectivity index is 1.59. The molecule has 124 valence electrons. The number of para-hydroxylation sites is 1. The summed E-state index contributed by atoms with van der Waals surface area (Å²) >= 11 is 0. The third-order valence-corrected chi connectivity index (χ3v) is 4.78. The summed E-state index contributed by atoms with van der Waals surface area (Å²) in [6, 6.07) is 8.39. The molecule has 0 amide bonds. The van der Waals surface area contributed by atoms with Crippen molar-refractivity contribution in [3.63, 3.8) is 0 Å².